The van der Waals surface area contributed by atoms with E-state index in [1.165, 1.54) is 6.07 Å². The maximum Gasteiger partial charge on any atom is 0.416 e. The van der Waals surface area contributed by atoms with Crippen molar-refractivity contribution >= 4 is 11.8 Å². The number of methoxy groups -OCH3 is 1. The van der Waals surface area contributed by atoms with Crippen LogP contribution in [-0.4, -0.2) is 78.3 Å². The number of ether oxygens (including phenoxy) is 2. The van der Waals surface area contributed by atoms with E-state index in [4.69, 9.17) is 9.47 Å². The predicted molar refractivity (Wildman–Crippen MR) is 140 cm³/mol. The zero-order valence-electron chi connectivity index (χ0n) is 22.5. The lowest BCUT2D eigenvalue weighted by molar-refractivity contribution is -0.137. The molecule has 2 amide bonds. The number of alkyl halides is 3. The monoisotopic (exact) mass is 564 g/mol. The molecule has 0 unspecified atom stereocenters. The summed E-state index contributed by atoms with van der Waals surface area (Å²) in [6.45, 7) is 3.12. The highest BCUT2D eigenvalue weighted by Gasteiger charge is 2.42. The minimum absolute atomic E-state index is 0.176. The number of halogens is 3. The summed E-state index contributed by atoms with van der Waals surface area (Å²) in [6.07, 6.45) is -0.512. The summed E-state index contributed by atoms with van der Waals surface area (Å²) >= 11 is 0. The highest BCUT2D eigenvalue weighted by molar-refractivity contribution is 5.96. The van der Waals surface area contributed by atoms with Crippen molar-refractivity contribution in [2.45, 2.75) is 62.6 Å². The molecule has 2 fully saturated rings. The largest absolute Gasteiger partial charge is 0.481 e. The van der Waals surface area contributed by atoms with E-state index in [2.05, 4.69) is 20.5 Å². The van der Waals surface area contributed by atoms with Crippen molar-refractivity contribution in [3.63, 3.8) is 0 Å². The van der Waals surface area contributed by atoms with Crippen LogP contribution in [0.4, 0.5) is 13.2 Å². The van der Waals surface area contributed by atoms with E-state index in [1.807, 2.05) is 13.0 Å². The average molecular weight is 565 g/mol. The predicted octanol–water partition coefficient (Wildman–Crippen LogP) is 2.87. The molecule has 0 bridgehead atoms. The summed E-state index contributed by atoms with van der Waals surface area (Å²) in [5, 5.41) is 16.5. The van der Waals surface area contributed by atoms with Gasteiger partial charge in [0, 0.05) is 49.1 Å². The Morgan fingerprint density at radius 1 is 1.18 bits per heavy atom. The van der Waals surface area contributed by atoms with Crippen molar-refractivity contribution < 1.29 is 37.3 Å². The SMILES string of the molecule is CCO[C@H]1CN(C2CCC(O)(c3ccc(OC)nc3)CC2)C[C@@H]1NC(=O)CNC(=O)c1cccc(C(F)(F)F)c1. The molecule has 2 atom stereocenters. The Morgan fingerprint density at radius 3 is 2.55 bits per heavy atom. The maximum atomic E-state index is 12.9. The van der Waals surface area contributed by atoms with Gasteiger partial charge in [-0.1, -0.05) is 6.07 Å². The third kappa shape index (κ3) is 7.10. The van der Waals surface area contributed by atoms with Gasteiger partial charge in [-0.25, -0.2) is 4.98 Å². The molecule has 40 heavy (non-hydrogen) atoms. The Balaban J connectivity index is 1.30. The second kappa shape index (κ2) is 12.5. The number of hydrogen-bond donors (Lipinski definition) is 3. The van der Waals surface area contributed by atoms with E-state index in [0.717, 1.165) is 36.6 Å². The van der Waals surface area contributed by atoms with E-state index >= 15 is 0 Å². The summed E-state index contributed by atoms with van der Waals surface area (Å²) in [4.78, 5) is 31.5. The number of benzene rings is 1. The number of aliphatic hydroxyl groups is 1. The average Bonchev–Trinajstić information content (AvgIpc) is 3.33. The highest BCUT2D eigenvalue weighted by atomic mass is 19.4. The molecule has 218 valence electrons. The molecule has 1 saturated heterocycles. The van der Waals surface area contributed by atoms with Crippen LogP contribution in [0.2, 0.25) is 0 Å². The van der Waals surface area contributed by atoms with Gasteiger partial charge in [0.05, 0.1) is 37.0 Å². The second-order valence-corrected chi connectivity index (χ2v) is 10.2. The number of carbonyl (C=O) groups excluding carboxylic acids is 2. The van der Waals surface area contributed by atoms with Crippen molar-refractivity contribution in [1.82, 2.24) is 20.5 Å². The first kappa shape index (κ1) is 29.8. The Kier molecular flexibility index (Phi) is 9.32. The van der Waals surface area contributed by atoms with E-state index in [9.17, 15) is 27.9 Å². The Morgan fingerprint density at radius 2 is 1.93 bits per heavy atom. The zero-order valence-corrected chi connectivity index (χ0v) is 22.5. The molecule has 9 nitrogen and oxygen atoms in total. The summed E-state index contributed by atoms with van der Waals surface area (Å²) in [5.74, 6) is -0.734. The molecule has 0 radical (unpaired) electrons. The fraction of sp³-hybridized carbons (Fsp3) is 0.536. The van der Waals surface area contributed by atoms with Crippen molar-refractivity contribution in [3.05, 3.63) is 59.3 Å². The normalized spacial score (nSPS) is 25.4. The van der Waals surface area contributed by atoms with Gasteiger partial charge in [-0.15, -0.1) is 0 Å². The first-order valence-corrected chi connectivity index (χ1v) is 13.4. The number of nitrogens with one attached hydrogen (secondary N) is 2. The molecular weight excluding hydrogens is 529 g/mol. The molecule has 0 spiro atoms. The van der Waals surface area contributed by atoms with E-state index in [1.54, 1.807) is 19.4 Å². The molecule has 2 heterocycles. The highest BCUT2D eigenvalue weighted by Crippen LogP contribution is 2.39. The van der Waals surface area contributed by atoms with Crippen LogP contribution in [0.3, 0.4) is 0 Å². The van der Waals surface area contributed by atoms with Crippen LogP contribution >= 0.6 is 0 Å². The Labute approximate surface area is 231 Å². The number of amides is 2. The standard InChI is InChI=1S/C28H35F3N4O5/c1-3-40-23-17-35(21-9-11-27(38,12-10-21)20-7-8-25(39-2)32-14-20)16-22(23)34-24(36)15-33-26(37)18-5-4-6-19(13-18)28(29,30)31/h4-8,13-14,21-23,38H,3,9-12,15-17H2,1-2H3,(H,33,37)(H,34,36)/t21?,22-,23-,27?/m0/s1. The van der Waals surface area contributed by atoms with Gasteiger partial charge in [0.1, 0.15) is 0 Å². The molecule has 1 aromatic carbocycles. The molecule has 1 aromatic heterocycles. The van der Waals surface area contributed by atoms with Crippen LogP contribution in [0.5, 0.6) is 5.88 Å². The molecule has 1 aliphatic heterocycles. The minimum atomic E-state index is -4.57. The lowest BCUT2D eigenvalue weighted by Crippen LogP contribution is -2.48. The minimum Gasteiger partial charge on any atom is -0.481 e. The molecule has 1 aliphatic carbocycles. The van der Waals surface area contributed by atoms with E-state index < -0.39 is 29.2 Å². The fourth-order valence-corrected chi connectivity index (χ4v) is 5.49. The summed E-state index contributed by atoms with van der Waals surface area (Å²) in [5.41, 5.74) is -1.31. The Hall–Kier alpha value is -3.22. The number of nitrogens with zero attached hydrogens (tertiary/aromatic N) is 2. The van der Waals surface area contributed by atoms with Gasteiger partial charge in [-0.05, 0) is 56.9 Å². The number of rotatable bonds is 9. The lowest BCUT2D eigenvalue weighted by Gasteiger charge is -2.39. The smallest absolute Gasteiger partial charge is 0.416 e. The lowest BCUT2D eigenvalue weighted by atomic mass is 9.78. The van der Waals surface area contributed by atoms with Crippen LogP contribution in [0.15, 0.2) is 42.6 Å². The van der Waals surface area contributed by atoms with Crippen LogP contribution in [0.25, 0.3) is 0 Å². The van der Waals surface area contributed by atoms with Gasteiger partial charge in [0.25, 0.3) is 5.91 Å². The van der Waals surface area contributed by atoms with Gasteiger partial charge in [-0.2, -0.15) is 13.2 Å². The summed E-state index contributed by atoms with van der Waals surface area (Å²) < 4.78 is 49.8. The molecule has 2 aliphatic rings. The number of pyridine rings is 1. The van der Waals surface area contributed by atoms with Gasteiger partial charge in [-0.3, -0.25) is 14.5 Å². The first-order chi connectivity index (χ1) is 19.0. The molecule has 4 rings (SSSR count). The third-order valence-electron chi connectivity index (χ3n) is 7.66. The topological polar surface area (TPSA) is 113 Å². The van der Waals surface area contributed by atoms with E-state index in [-0.39, 0.29) is 30.3 Å². The molecule has 12 heteroatoms. The van der Waals surface area contributed by atoms with E-state index in [0.29, 0.717) is 38.4 Å². The van der Waals surface area contributed by atoms with Gasteiger partial charge in [0.15, 0.2) is 0 Å². The van der Waals surface area contributed by atoms with Crippen LogP contribution in [-0.2, 0) is 21.3 Å². The number of aromatic nitrogens is 1. The second-order valence-electron chi connectivity index (χ2n) is 10.2. The zero-order chi connectivity index (χ0) is 28.9. The quantitative estimate of drug-likeness (QED) is 0.429. The maximum absolute atomic E-state index is 12.9. The molecule has 2 aromatic rings. The van der Waals surface area contributed by atoms with Gasteiger partial charge >= 0.3 is 6.18 Å². The van der Waals surface area contributed by atoms with Crippen LogP contribution < -0.4 is 15.4 Å². The first-order valence-electron chi connectivity index (χ1n) is 13.4. The molecule has 3 N–H and O–H groups in total. The van der Waals surface area contributed by atoms with Crippen molar-refractivity contribution in [3.8, 4) is 5.88 Å². The fourth-order valence-electron chi connectivity index (χ4n) is 5.49. The Bertz CT molecular complexity index is 1170. The molecule has 1 saturated carbocycles. The number of carbonyl (C=O) groups is 2. The summed E-state index contributed by atoms with van der Waals surface area (Å²) in [7, 11) is 1.54. The number of hydrogen-bond acceptors (Lipinski definition) is 7. The number of likely N-dealkylation sites (tertiary alicyclic amines) is 1. The van der Waals surface area contributed by atoms with Crippen LogP contribution in [0.1, 0.15) is 54.1 Å². The van der Waals surface area contributed by atoms with Gasteiger partial charge in [0.2, 0.25) is 11.8 Å². The van der Waals surface area contributed by atoms with Crippen molar-refractivity contribution in [2.75, 3.05) is 33.4 Å². The third-order valence-corrected chi connectivity index (χ3v) is 7.66. The van der Waals surface area contributed by atoms with Crippen molar-refractivity contribution in [2.24, 2.45) is 0 Å². The van der Waals surface area contributed by atoms with Crippen LogP contribution in [0, 0.1) is 0 Å². The molecular formula is C28H35F3N4O5. The van der Waals surface area contributed by atoms with Crippen molar-refractivity contribution in [1.29, 1.82) is 0 Å². The summed E-state index contributed by atoms with van der Waals surface area (Å²) in [6, 6.07) is 7.51. The van der Waals surface area contributed by atoms with Gasteiger partial charge < -0.3 is 25.2 Å².